The molecule has 2 aliphatic heterocycles. The largest absolute Gasteiger partial charge is 0.508 e. The van der Waals surface area contributed by atoms with Crippen LogP contribution in [0.4, 0.5) is 0 Å². The first-order chi connectivity index (χ1) is 10.1. The van der Waals surface area contributed by atoms with Gasteiger partial charge in [0.2, 0.25) is 11.8 Å². The lowest BCUT2D eigenvalue weighted by Crippen LogP contribution is -2.55. The average Bonchev–Trinajstić information content (AvgIpc) is 2.49. The Bertz CT molecular complexity index is 541. The molecule has 0 bridgehead atoms. The normalized spacial score (nSPS) is 25.1. The molecule has 5 heteroatoms. The molecule has 2 atom stereocenters. The summed E-state index contributed by atoms with van der Waals surface area (Å²) >= 11 is 0. The van der Waals surface area contributed by atoms with Crippen molar-refractivity contribution in [3.8, 4) is 5.75 Å². The number of carbonyl (C=O) groups excluding carboxylic acids is 2. The maximum atomic E-state index is 12.4. The number of phenols is 1. The van der Waals surface area contributed by atoms with Crippen LogP contribution >= 0.6 is 0 Å². The van der Waals surface area contributed by atoms with E-state index in [-0.39, 0.29) is 23.6 Å². The molecule has 1 aromatic carbocycles. The molecule has 2 saturated heterocycles. The van der Waals surface area contributed by atoms with Gasteiger partial charge in [-0.1, -0.05) is 12.1 Å². The van der Waals surface area contributed by atoms with Crippen LogP contribution in [0.1, 0.15) is 24.8 Å². The molecule has 0 spiro atoms. The number of fused-ring (bicyclic) bond motifs is 1. The van der Waals surface area contributed by atoms with Crippen molar-refractivity contribution in [1.29, 1.82) is 0 Å². The molecule has 0 saturated carbocycles. The summed E-state index contributed by atoms with van der Waals surface area (Å²) in [4.78, 5) is 25.7. The van der Waals surface area contributed by atoms with Crippen molar-refractivity contribution in [1.82, 2.24) is 10.2 Å². The Hall–Kier alpha value is -2.04. The smallest absolute Gasteiger partial charge is 0.227 e. The molecule has 2 unspecified atom stereocenters. The van der Waals surface area contributed by atoms with Gasteiger partial charge in [-0.3, -0.25) is 9.59 Å². The predicted molar refractivity (Wildman–Crippen MR) is 77.7 cm³/mol. The molecule has 0 aliphatic carbocycles. The van der Waals surface area contributed by atoms with E-state index in [9.17, 15) is 14.7 Å². The summed E-state index contributed by atoms with van der Waals surface area (Å²) in [6, 6.07) is 7.00. The van der Waals surface area contributed by atoms with Crippen LogP contribution in [0.15, 0.2) is 24.3 Å². The fourth-order valence-corrected chi connectivity index (χ4v) is 3.24. The fraction of sp³-hybridized carbons (Fsp3) is 0.500. The molecule has 2 heterocycles. The number of carbonyl (C=O) groups is 2. The van der Waals surface area contributed by atoms with Crippen molar-refractivity contribution in [3.63, 3.8) is 0 Å². The molecular formula is C16H20N2O3. The van der Waals surface area contributed by atoms with E-state index >= 15 is 0 Å². The molecule has 3 rings (SSSR count). The van der Waals surface area contributed by atoms with Crippen molar-refractivity contribution in [2.45, 2.75) is 31.7 Å². The number of hydrogen-bond donors (Lipinski definition) is 2. The highest BCUT2D eigenvalue weighted by Gasteiger charge is 2.35. The van der Waals surface area contributed by atoms with Crippen molar-refractivity contribution < 1.29 is 14.7 Å². The summed E-state index contributed by atoms with van der Waals surface area (Å²) in [5, 5.41) is 12.3. The molecule has 2 aliphatic rings. The van der Waals surface area contributed by atoms with Crippen molar-refractivity contribution in [2.24, 2.45) is 5.92 Å². The second-order valence-electron chi connectivity index (χ2n) is 5.94. The third kappa shape index (κ3) is 3.17. The second-order valence-corrected chi connectivity index (χ2v) is 5.94. The van der Waals surface area contributed by atoms with Gasteiger partial charge in [0.15, 0.2) is 0 Å². The number of hydrogen-bond acceptors (Lipinski definition) is 3. The Labute approximate surface area is 123 Å². The number of benzene rings is 1. The number of phenolic OH excluding ortho intramolecular Hbond substituents is 1. The van der Waals surface area contributed by atoms with Gasteiger partial charge in [-0.15, -0.1) is 0 Å². The van der Waals surface area contributed by atoms with Gasteiger partial charge in [-0.2, -0.15) is 0 Å². The number of rotatable bonds is 2. The number of nitrogens with zero attached hydrogens (tertiary/aromatic N) is 1. The van der Waals surface area contributed by atoms with E-state index in [2.05, 4.69) is 5.32 Å². The highest BCUT2D eigenvalue weighted by Crippen LogP contribution is 2.25. The summed E-state index contributed by atoms with van der Waals surface area (Å²) in [6.07, 6.45) is 2.66. The van der Waals surface area contributed by atoms with Crippen LogP contribution in [0.3, 0.4) is 0 Å². The van der Waals surface area contributed by atoms with Gasteiger partial charge in [0.05, 0.1) is 6.42 Å². The number of likely N-dealkylation sites (tertiary alicyclic amines) is 1. The maximum Gasteiger partial charge on any atom is 0.227 e. The fourth-order valence-electron chi connectivity index (χ4n) is 3.24. The quantitative estimate of drug-likeness (QED) is 0.855. The molecule has 21 heavy (non-hydrogen) atoms. The molecule has 112 valence electrons. The van der Waals surface area contributed by atoms with Crippen LogP contribution < -0.4 is 5.32 Å². The van der Waals surface area contributed by atoms with Gasteiger partial charge in [0, 0.05) is 25.6 Å². The van der Waals surface area contributed by atoms with E-state index in [0.717, 1.165) is 24.9 Å². The molecule has 0 aromatic heterocycles. The van der Waals surface area contributed by atoms with Crippen molar-refractivity contribution >= 4 is 11.8 Å². The second kappa shape index (κ2) is 5.76. The monoisotopic (exact) mass is 288 g/mol. The Morgan fingerprint density at radius 2 is 2.05 bits per heavy atom. The average molecular weight is 288 g/mol. The van der Waals surface area contributed by atoms with E-state index < -0.39 is 0 Å². The number of piperidine rings is 2. The first-order valence-electron chi connectivity index (χ1n) is 7.47. The van der Waals surface area contributed by atoms with Gasteiger partial charge in [0.25, 0.3) is 0 Å². The highest BCUT2D eigenvalue weighted by atomic mass is 16.3. The molecule has 2 amide bonds. The summed E-state index contributed by atoms with van der Waals surface area (Å²) < 4.78 is 0. The van der Waals surface area contributed by atoms with Gasteiger partial charge in [0.1, 0.15) is 5.75 Å². The Kier molecular flexibility index (Phi) is 3.82. The van der Waals surface area contributed by atoms with Crippen LogP contribution in [0.5, 0.6) is 5.75 Å². The molecule has 5 nitrogen and oxygen atoms in total. The zero-order chi connectivity index (χ0) is 14.8. The highest BCUT2D eigenvalue weighted by molar-refractivity contribution is 5.79. The van der Waals surface area contributed by atoms with Crippen molar-refractivity contribution in [2.75, 3.05) is 13.1 Å². The van der Waals surface area contributed by atoms with Gasteiger partial charge >= 0.3 is 0 Å². The number of nitrogens with one attached hydrogen (secondary N) is 1. The van der Waals surface area contributed by atoms with E-state index in [1.54, 1.807) is 24.3 Å². The molecule has 2 N–H and O–H groups in total. The maximum absolute atomic E-state index is 12.4. The van der Waals surface area contributed by atoms with Crippen LogP contribution in [-0.2, 0) is 16.0 Å². The number of amides is 2. The summed E-state index contributed by atoms with van der Waals surface area (Å²) in [5.41, 5.74) is 0.914. The SMILES string of the molecule is O=C1CCC2CN(C(=O)Cc3ccc(O)cc3)CCC2N1. The van der Waals surface area contributed by atoms with Crippen LogP contribution in [0, 0.1) is 5.92 Å². The van der Waals surface area contributed by atoms with Gasteiger partial charge in [-0.25, -0.2) is 0 Å². The first kappa shape index (κ1) is 13.9. The molecule has 1 aromatic rings. The Morgan fingerprint density at radius 3 is 2.81 bits per heavy atom. The zero-order valence-electron chi connectivity index (χ0n) is 11.9. The third-order valence-electron chi connectivity index (χ3n) is 4.47. The topological polar surface area (TPSA) is 69.6 Å². The predicted octanol–water partition coefficient (Wildman–Crippen LogP) is 1.06. The third-order valence-corrected chi connectivity index (χ3v) is 4.47. The number of aromatic hydroxyl groups is 1. The molecular weight excluding hydrogens is 268 g/mol. The van der Waals surface area contributed by atoms with E-state index in [0.29, 0.717) is 25.3 Å². The van der Waals surface area contributed by atoms with Gasteiger partial charge in [-0.05, 0) is 36.5 Å². The minimum absolute atomic E-state index is 0.121. The van der Waals surface area contributed by atoms with E-state index in [1.807, 2.05) is 4.90 Å². The summed E-state index contributed by atoms with van der Waals surface area (Å²) in [7, 11) is 0. The van der Waals surface area contributed by atoms with Crippen LogP contribution in [0.25, 0.3) is 0 Å². The Balaban J connectivity index is 1.58. The first-order valence-corrected chi connectivity index (χ1v) is 7.47. The minimum atomic E-state index is 0.121. The van der Waals surface area contributed by atoms with Gasteiger partial charge < -0.3 is 15.3 Å². The van der Waals surface area contributed by atoms with E-state index in [4.69, 9.17) is 0 Å². The van der Waals surface area contributed by atoms with E-state index in [1.165, 1.54) is 0 Å². The van der Waals surface area contributed by atoms with Crippen LogP contribution in [0.2, 0.25) is 0 Å². The molecule has 2 fully saturated rings. The minimum Gasteiger partial charge on any atom is -0.508 e. The lowest BCUT2D eigenvalue weighted by molar-refractivity contribution is -0.134. The summed E-state index contributed by atoms with van der Waals surface area (Å²) in [6.45, 7) is 1.44. The lowest BCUT2D eigenvalue weighted by Gasteiger charge is -2.41. The Morgan fingerprint density at radius 1 is 1.29 bits per heavy atom. The lowest BCUT2D eigenvalue weighted by atomic mass is 9.85. The molecule has 0 radical (unpaired) electrons. The summed E-state index contributed by atoms with van der Waals surface area (Å²) in [5.74, 6) is 0.862. The van der Waals surface area contributed by atoms with Crippen LogP contribution in [-0.4, -0.2) is 41.0 Å². The zero-order valence-corrected chi connectivity index (χ0v) is 11.9. The standard InChI is InChI=1S/C16H20N2O3/c19-13-4-1-11(2-5-13)9-16(21)18-8-7-14-12(10-18)3-6-15(20)17-14/h1-2,4-5,12,14,19H,3,6-10H2,(H,17,20). The van der Waals surface area contributed by atoms with Crippen molar-refractivity contribution in [3.05, 3.63) is 29.8 Å².